The van der Waals surface area contributed by atoms with Gasteiger partial charge in [-0.05, 0) is 25.8 Å². The summed E-state index contributed by atoms with van der Waals surface area (Å²) < 4.78 is 8.31. The first-order valence-corrected chi connectivity index (χ1v) is 9.38. The first kappa shape index (κ1) is 19.8. The molecule has 0 unspecified atom stereocenters. The normalized spacial score (nSPS) is 11.1. The van der Waals surface area contributed by atoms with Crippen LogP contribution in [-0.4, -0.2) is 40.5 Å². The predicted molar refractivity (Wildman–Crippen MR) is 109 cm³/mol. The van der Waals surface area contributed by atoms with Crippen LogP contribution in [0.2, 0.25) is 0 Å². The van der Waals surface area contributed by atoms with Crippen LogP contribution in [0.1, 0.15) is 23.4 Å². The van der Waals surface area contributed by atoms with E-state index in [1.807, 2.05) is 32.0 Å². The molecule has 0 fully saturated rings. The Morgan fingerprint density at radius 1 is 1.18 bits per heavy atom. The summed E-state index contributed by atoms with van der Waals surface area (Å²) in [6.45, 7) is 5.62. The molecule has 0 atom stereocenters. The lowest BCUT2D eigenvalue weighted by Gasteiger charge is -2.09. The van der Waals surface area contributed by atoms with Crippen LogP contribution < -0.4 is 10.9 Å². The van der Waals surface area contributed by atoms with Gasteiger partial charge in [0, 0.05) is 43.6 Å². The van der Waals surface area contributed by atoms with Gasteiger partial charge in [0.25, 0.3) is 5.56 Å². The lowest BCUT2D eigenvalue weighted by Crippen LogP contribution is -2.34. The average Bonchev–Trinajstić information content (AvgIpc) is 2.93. The van der Waals surface area contributed by atoms with Gasteiger partial charge < -0.3 is 14.6 Å². The van der Waals surface area contributed by atoms with E-state index in [-0.39, 0.29) is 18.0 Å². The van der Waals surface area contributed by atoms with Gasteiger partial charge >= 0.3 is 0 Å². The summed E-state index contributed by atoms with van der Waals surface area (Å²) in [6, 6.07) is 10.1. The summed E-state index contributed by atoms with van der Waals surface area (Å²) in [4.78, 5) is 25.1. The van der Waals surface area contributed by atoms with E-state index in [4.69, 9.17) is 4.74 Å². The van der Waals surface area contributed by atoms with E-state index in [1.54, 1.807) is 13.3 Å². The van der Waals surface area contributed by atoms with Crippen molar-refractivity contribution >= 4 is 16.7 Å². The van der Waals surface area contributed by atoms with E-state index in [0.717, 1.165) is 28.8 Å². The Hall–Kier alpha value is -2.93. The number of methoxy groups -OCH3 is 1. The number of nitrogens with one attached hydrogen (secondary N) is 1. The number of benzene rings is 1. The van der Waals surface area contributed by atoms with Crippen LogP contribution in [0.4, 0.5) is 0 Å². The van der Waals surface area contributed by atoms with Gasteiger partial charge in [-0.1, -0.05) is 30.3 Å². The number of carbonyl (C=O) groups is 1. The van der Waals surface area contributed by atoms with E-state index >= 15 is 0 Å². The number of rotatable bonds is 8. The minimum absolute atomic E-state index is 0.0931. The van der Waals surface area contributed by atoms with Crippen LogP contribution in [0.3, 0.4) is 0 Å². The molecule has 0 aliphatic rings. The molecule has 0 spiro atoms. The maximum atomic E-state index is 13.0. The standard InChI is InChI=1S/C21H26N4O3/c1-15-18-12-23-25(14-19(26)22-10-7-11-28-3)21(27)20(18)16(2)24(15)13-17-8-5-4-6-9-17/h4-6,8-9,12H,7,10-11,13-14H2,1-3H3,(H,22,26). The summed E-state index contributed by atoms with van der Waals surface area (Å²) >= 11 is 0. The van der Waals surface area contributed by atoms with Crippen LogP contribution >= 0.6 is 0 Å². The Morgan fingerprint density at radius 2 is 1.93 bits per heavy atom. The van der Waals surface area contributed by atoms with Crippen molar-refractivity contribution in [3.05, 3.63) is 63.8 Å². The summed E-state index contributed by atoms with van der Waals surface area (Å²) in [5, 5.41) is 8.45. The topological polar surface area (TPSA) is 78.2 Å². The summed E-state index contributed by atoms with van der Waals surface area (Å²) in [6.07, 6.45) is 2.41. The molecule has 148 valence electrons. The second kappa shape index (κ2) is 8.84. The van der Waals surface area contributed by atoms with Gasteiger partial charge in [0.05, 0.1) is 11.6 Å². The zero-order valence-electron chi connectivity index (χ0n) is 16.6. The lowest BCUT2D eigenvalue weighted by molar-refractivity contribution is -0.121. The molecule has 2 heterocycles. The summed E-state index contributed by atoms with van der Waals surface area (Å²) in [5.41, 5.74) is 2.81. The molecule has 7 heteroatoms. The monoisotopic (exact) mass is 382 g/mol. The fourth-order valence-corrected chi connectivity index (χ4v) is 3.40. The Bertz CT molecular complexity index is 1020. The highest BCUT2D eigenvalue weighted by molar-refractivity contribution is 5.87. The van der Waals surface area contributed by atoms with Crippen molar-refractivity contribution in [3.8, 4) is 0 Å². The van der Waals surface area contributed by atoms with Crippen molar-refractivity contribution in [1.82, 2.24) is 19.7 Å². The lowest BCUT2D eigenvalue weighted by atomic mass is 10.2. The summed E-state index contributed by atoms with van der Waals surface area (Å²) in [5.74, 6) is -0.233. The summed E-state index contributed by atoms with van der Waals surface area (Å²) in [7, 11) is 1.62. The third-order valence-electron chi connectivity index (χ3n) is 4.93. The van der Waals surface area contributed by atoms with E-state index in [2.05, 4.69) is 27.1 Å². The highest BCUT2D eigenvalue weighted by Gasteiger charge is 2.17. The number of hydrogen-bond donors (Lipinski definition) is 1. The molecule has 1 N–H and O–H groups in total. The number of aryl methyl sites for hydroxylation is 2. The van der Waals surface area contributed by atoms with Crippen molar-refractivity contribution in [1.29, 1.82) is 0 Å². The van der Waals surface area contributed by atoms with Gasteiger partial charge in [-0.15, -0.1) is 0 Å². The van der Waals surface area contributed by atoms with E-state index in [1.165, 1.54) is 4.68 Å². The van der Waals surface area contributed by atoms with E-state index < -0.39 is 0 Å². The predicted octanol–water partition coefficient (Wildman–Crippen LogP) is 2.02. The molecule has 0 saturated heterocycles. The smallest absolute Gasteiger partial charge is 0.276 e. The molecule has 0 saturated carbocycles. The fourth-order valence-electron chi connectivity index (χ4n) is 3.40. The second-order valence-electron chi connectivity index (χ2n) is 6.83. The SMILES string of the molecule is COCCCNC(=O)Cn1ncc2c(C)n(Cc3ccccc3)c(C)c2c1=O. The van der Waals surface area contributed by atoms with Gasteiger partial charge in [-0.2, -0.15) is 5.10 Å². The van der Waals surface area contributed by atoms with Gasteiger partial charge in [-0.25, -0.2) is 4.68 Å². The molecular weight excluding hydrogens is 356 g/mol. The molecule has 0 aliphatic carbocycles. The van der Waals surface area contributed by atoms with Gasteiger partial charge in [0.1, 0.15) is 6.54 Å². The Labute approximate surface area is 163 Å². The van der Waals surface area contributed by atoms with Crippen LogP contribution in [0, 0.1) is 13.8 Å². The van der Waals surface area contributed by atoms with Crippen molar-refractivity contribution in [2.24, 2.45) is 0 Å². The van der Waals surface area contributed by atoms with Crippen molar-refractivity contribution in [3.63, 3.8) is 0 Å². The van der Waals surface area contributed by atoms with Gasteiger partial charge in [0.15, 0.2) is 0 Å². The quantitative estimate of drug-likeness (QED) is 0.605. The highest BCUT2D eigenvalue weighted by Crippen LogP contribution is 2.23. The number of nitrogens with zero attached hydrogens (tertiary/aromatic N) is 3. The Morgan fingerprint density at radius 3 is 2.64 bits per heavy atom. The molecule has 0 radical (unpaired) electrons. The maximum Gasteiger partial charge on any atom is 0.276 e. The molecule has 0 aliphatic heterocycles. The number of carbonyl (C=O) groups excluding carboxylic acids is 1. The van der Waals surface area contributed by atoms with Crippen LogP contribution in [0.5, 0.6) is 0 Å². The minimum Gasteiger partial charge on any atom is -0.385 e. The second-order valence-corrected chi connectivity index (χ2v) is 6.83. The van der Waals surface area contributed by atoms with Crippen LogP contribution in [-0.2, 0) is 22.6 Å². The van der Waals surface area contributed by atoms with Crippen molar-refractivity contribution in [2.75, 3.05) is 20.3 Å². The molecule has 0 bridgehead atoms. The van der Waals surface area contributed by atoms with E-state index in [9.17, 15) is 9.59 Å². The first-order valence-electron chi connectivity index (χ1n) is 9.38. The number of amides is 1. The maximum absolute atomic E-state index is 13.0. The average molecular weight is 382 g/mol. The number of aromatic nitrogens is 3. The molecular formula is C21H26N4O3. The van der Waals surface area contributed by atoms with Crippen molar-refractivity contribution in [2.45, 2.75) is 33.4 Å². The third-order valence-corrected chi connectivity index (χ3v) is 4.93. The zero-order valence-corrected chi connectivity index (χ0v) is 16.6. The van der Waals surface area contributed by atoms with E-state index in [0.29, 0.717) is 25.1 Å². The van der Waals surface area contributed by atoms with Crippen LogP contribution in [0.25, 0.3) is 10.8 Å². The fraction of sp³-hybridized carbons (Fsp3) is 0.381. The van der Waals surface area contributed by atoms with Gasteiger partial charge in [0.2, 0.25) is 5.91 Å². The molecule has 3 rings (SSSR count). The highest BCUT2D eigenvalue weighted by atomic mass is 16.5. The largest absolute Gasteiger partial charge is 0.385 e. The molecule has 3 aromatic rings. The molecule has 1 aromatic carbocycles. The number of hydrogen-bond acceptors (Lipinski definition) is 4. The zero-order chi connectivity index (χ0) is 20.1. The third kappa shape index (κ3) is 4.14. The molecule has 28 heavy (non-hydrogen) atoms. The molecule has 2 aromatic heterocycles. The van der Waals surface area contributed by atoms with Gasteiger partial charge in [-0.3, -0.25) is 9.59 Å². The first-order chi connectivity index (χ1) is 13.5. The minimum atomic E-state index is -0.239. The Balaban J connectivity index is 1.86. The van der Waals surface area contributed by atoms with Crippen LogP contribution in [0.15, 0.2) is 41.3 Å². The number of fused-ring (bicyclic) bond motifs is 1. The molecule has 7 nitrogen and oxygen atoms in total. The number of ether oxygens (including phenoxy) is 1. The molecule has 1 amide bonds. The Kier molecular flexibility index (Phi) is 6.26. The van der Waals surface area contributed by atoms with Crippen molar-refractivity contribution < 1.29 is 9.53 Å².